The van der Waals surface area contributed by atoms with Gasteiger partial charge in [0.25, 0.3) is 5.91 Å². The number of aromatic nitrogens is 1. The quantitative estimate of drug-likeness (QED) is 0.840. The van der Waals surface area contributed by atoms with Crippen LogP contribution in [0.1, 0.15) is 20.2 Å². The van der Waals surface area contributed by atoms with E-state index >= 15 is 0 Å². The number of anilines is 1. The molecule has 1 aliphatic heterocycles. The van der Waals surface area contributed by atoms with Crippen molar-refractivity contribution in [1.82, 2.24) is 10.3 Å². The molecule has 1 aromatic heterocycles. The van der Waals surface area contributed by atoms with Gasteiger partial charge in [0.2, 0.25) is 6.79 Å². The standard InChI is InChI=1S/C13H13N3O3S/c1-7-15-4-8(20-7)5-16-13(17)9-2-11-12(3-10(9)14)19-6-18-11/h2-4H,5-6,14H2,1H3,(H,16,17). The number of nitrogens with one attached hydrogen (secondary N) is 1. The maximum absolute atomic E-state index is 12.1. The Hall–Kier alpha value is -2.28. The number of nitrogens with two attached hydrogens (primary N) is 1. The van der Waals surface area contributed by atoms with E-state index in [2.05, 4.69) is 10.3 Å². The summed E-state index contributed by atoms with van der Waals surface area (Å²) in [7, 11) is 0. The molecule has 20 heavy (non-hydrogen) atoms. The average Bonchev–Trinajstić information content (AvgIpc) is 3.03. The molecule has 1 amide bonds. The normalized spacial score (nSPS) is 12.4. The topological polar surface area (TPSA) is 86.5 Å². The number of amides is 1. The van der Waals surface area contributed by atoms with Crippen LogP contribution in [0.3, 0.4) is 0 Å². The molecular weight excluding hydrogens is 278 g/mol. The largest absolute Gasteiger partial charge is 0.454 e. The number of ether oxygens (including phenoxy) is 2. The number of thiazole rings is 1. The number of benzene rings is 1. The van der Waals surface area contributed by atoms with E-state index in [0.717, 1.165) is 9.88 Å². The molecule has 0 atom stereocenters. The van der Waals surface area contributed by atoms with E-state index in [1.54, 1.807) is 29.7 Å². The van der Waals surface area contributed by atoms with E-state index in [4.69, 9.17) is 15.2 Å². The molecule has 0 saturated heterocycles. The van der Waals surface area contributed by atoms with Gasteiger partial charge in [-0.1, -0.05) is 0 Å². The van der Waals surface area contributed by atoms with Crippen LogP contribution in [0.4, 0.5) is 5.69 Å². The number of hydrogen-bond donors (Lipinski definition) is 2. The van der Waals surface area contributed by atoms with Gasteiger partial charge in [-0.15, -0.1) is 11.3 Å². The molecule has 0 radical (unpaired) electrons. The fourth-order valence-corrected chi connectivity index (χ4v) is 2.64. The van der Waals surface area contributed by atoms with Crippen molar-refractivity contribution >= 4 is 22.9 Å². The molecular formula is C13H13N3O3S. The van der Waals surface area contributed by atoms with Gasteiger partial charge in [-0.05, 0) is 13.0 Å². The zero-order chi connectivity index (χ0) is 14.1. The third-order valence-corrected chi connectivity index (χ3v) is 3.79. The Morgan fingerprint density at radius 3 is 2.90 bits per heavy atom. The summed E-state index contributed by atoms with van der Waals surface area (Å²) in [6.07, 6.45) is 1.75. The summed E-state index contributed by atoms with van der Waals surface area (Å²) < 4.78 is 10.5. The number of fused-ring (bicyclic) bond motifs is 1. The second-order valence-electron chi connectivity index (χ2n) is 4.32. The zero-order valence-corrected chi connectivity index (χ0v) is 11.6. The second kappa shape index (κ2) is 5.01. The summed E-state index contributed by atoms with van der Waals surface area (Å²) in [6.45, 7) is 2.50. The lowest BCUT2D eigenvalue weighted by molar-refractivity contribution is 0.0951. The molecule has 3 N–H and O–H groups in total. The molecule has 0 fully saturated rings. The summed E-state index contributed by atoms with van der Waals surface area (Å²) in [5, 5.41) is 3.78. The fourth-order valence-electron chi connectivity index (χ4n) is 1.90. The Kier molecular flexibility index (Phi) is 3.19. The second-order valence-corrected chi connectivity index (χ2v) is 5.64. The van der Waals surface area contributed by atoms with Crippen LogP contribution in [0.2, 0.25) is 0 Å². The van der Waals surface area contributed by atoms with Crippen LogP contribution in [-0.2, 0) is 6.54 Å². The van der Waals surface area contributed by atoms with Gasteiger partial charge in [-0.2, -0.15) is 0 Å². The number of hydrogen-bond acceptors (Lipinski definition) is 6. The van der Waals surface area contributed by atoms with Gasteiger partial charge < -0.3 is 20.5 Å². The van der Waals surface area contributed by atoms with E-state index < -0.39 is 0 Å². The summed E-state index contributed by atoms with van der Waals surface area (Å²) in [6, 6.07) is 3.21. The van der Waals surface area contributed by atoms with E-state index in [9.17, 15) is 4.79 Å². The Morgan fingerprint density at radius 1 is 1.45 bits per heavy atom. The predicted molar refractivity (Wildman–Crippen MR) is 75.0 cm³/mol. The smallest absolute Gasteiger partial charge is 0.253 e. The van der Waals surface area contributed by atoms with E-state index in [1.807, 2.05) is 6.92 Å². The third-order valence-electron chi connectivity index (χ3n) is 2.88. The fraction of sp³-hybridized carbons (Fsp3) is 0.231. The Morgan fingerprint density at radius 2 is 2.20 bits per heavy atom. The monoisotopic (exact) mass is 291 g/mol. The lowest BCUT2D eigenvalue weighted by Gasteiger charge is -2.07. The van der Waals surface area contributed by atoms with Crippen molar-refractivity contribution in [2.45, 2.75) is 13.5 Å². The number of nitrogens with zero attached hydrogens (tertiary/aromatic N) is 1. The van der Waals surface area contributed by atoms with Crippen molar-refractivity contribution in [3.8, 4) is 11.5 Å². The molecule has 0 spiro atoms. The number of carbonyl (C=O) groups is 1. The first-order chi connectivity index (χ1) is 9.63. The molecule has 3 rings (SSSR count). The minimum atomic E-state index is -0.244. The highest BCUT2D eigenvalue weighted by Gasteiger charge is 2.19. The number of aryl methyl sites for hydroxylation is 1. The summed E-state index contributed by atoms with van der Waals surface area (Å²) >= 11 is 1.55. The van der Waals surface area contributed by atoms with Gasteiger partial charge in [0.1, 0.15) is 0 Å². The van der Waals surface area contributed by atoms with Crippen molar-refractivity contribution in [2.75, 3.05) is 12.5 Å². The first-order valence-corrected chi connectivity index (χ1v) is 6.84. The predicted octanol–water partition coefficient (Wildman–Crippen LogP) is 1.69. The van der Waals surface area contributed by atoms with Gasteiger partial charge in [-0.3, -0.25) is 4.79 Å². The van der Waals surface area contributed by atoms with Crippen molar-refractivity contribution in [1.29, 1.82) is 0 Å². The van der Waals surface area contributed by atoms with Crippen LogP contribution in [-0.4, -0.2) is 17.7 Å². The van der Waals surface area contributed by atoms with E-state index in [-0.39, 0.29) is 12.7 Å². The summed E-state index contributed by atoms with van der Waals surface area (Å²) in [5.41, 5.74) is 6.61. The van der Waals surface area contributed by atoms with Crippen LogP contribution in [0.15, 0.2) is 18.3 Å². The van der Waals surface area contributed by atoms with Crippen LogP contribution in [0, 0.1) is 6.92 Å². The molecule has 0 aliphatic carbocycles. The molecule has 2 heterocycles. The van der Waals surface area contributed by atoms with Crippen LogP contribution >= 0.6 is 11.3 Å². The molecule has 104 valence electrons. The number of nitrogen functional groups attached to an aromatic ring is 1. The van der Waals surface area contributed by atoms with Gasteiger partial charge >= 0.3 is 0 Å². The minimum absolute atomic E-state index is 0.153. The Labute approximate surface area is 119 Å². The van der Waals surface area contributed by atoms with Gasteiger partial charge in [0.15, 0.2) is 11.5 Å². The van der Waals surface area contributed by atoms with Crippen molar-refractivity contribution in [2.24, 2.45) is 0 Å². The maximum Gasteiger partial charge on any atom is 0.253 e. The number of rotatable bonds is 3. The molecule has 2 aromatic rings. The third kappa shape index (κ3) is 2.39. The zero-order valence-electron chi connectivity index (χ0n) is 10.8. The van der Waals surface area contributed by atoms with E-state index in [1.165, 1.54) is 0 Å². The maximum atomic E-state index is 12.1. The first kappa shape index (κ1) is 12.7. The summed E-state index contributed by atoms with van der Waals surface area (Å²) in [5.74, 6) is 0.863. The lowest BCUT2D eigenvalue weighted by atomic mass is 10.1. The van der Waals surface area contributed by atoms with Gasteiger partial charge in [0, 0.05) is 22.8 Å². The molecule has 0 bridgehead atoms. The highest BCUT2D eigenvalue weighted by molar-refractivity contribution is 7.11. The van der Waals surface area contributed by atoms with Gasteiger partial charge in [0.05, 0.1) is 17.1 Å². The van der Waals surface area contributed by atoms with E-state index in [0.29, 0.717) is 29.3 Å². The molecule has 1 aliphatic rings. The Balaban J connectivity index is 1.74. The summed E-state index contributed by atoms with van der Waals surface area (Å²) in [4.78, 5) is 17.3. The molecule has 6 nitrogen and oxygen atoms in total. The van der Waals surface area contributed by atoms with Crippen LogP contribution < -0.4 is 20.5 Å². The SMILES string of the molecule is Cc1ncc(CNC(=O)c2cc3c(cc2N)OCO3)s1. The van der Waals surface area contributed by atoms with Crippen LogP contribution in [0.25, 0.3) is 0 Å². The van der Waals surface area contributed by atoms with Gasteiger partial charge in [-0.25, -0.2) is 4.98 Å². The molecule has 7 heteroatoms. The highest BCUT2D eigenvalue weighted by Crippen LogP contribution is 2.35. The Bertz CT molecular complexity index is 669. The molecule has 1 aromatic carbocycles. The highest BCUT2D eigenvalue weighted by atomic mass is 32.1. The lowest BCUT2D eigenvalue weighted by Crippen LogP contribution is -2.23. The average molecular weight is 291 g/mol. The number of carbonyl (C=O) groups excluding carboxylic acids is 1. The molecule has 0 unspecified atom stereocenters. The minimum Gasteiger partial charge on any atom is -0.454 e. The van der Waals surface area contributed by atoms with Crippen molar-refractivity contribution < 1.29 is 14.3 Å². The van der Waals surface area contributed by atoms with Crippen molar-refractivity contribution in [3.05, 3.63) is 33.8 Å². The van der Waals surface area contributed by atoms with Crippen molar-refractivity contribution in [3.63, 3.8) is 0 Å². The molecule has 0 saturated carbocycles. The van der Waals surface area contributed by atoms with Crippen LogP contribution in [0.5, 0.6) is 11.5 Å². The first-order valence-electron chi connectivity index (χ1n) is 6.02.